The zero-order valence-corrected chi connectivity index (χ0v) is 23.4. The number of rotatable bonds is 8. The van der Waals surface area contributed by atoms with Gasteiger partial charge in [-0.3, -0.25) is 4.57 Å². The number of benzene rings is 3. The third kappa shape index (κ3) is 4.75. The first-order valence-electron chi connectivity index (χ1n) is 11.7. The number of aryl methyl sites for hydroxylation is 2. The molecule has 0 amide bonds. The molecule has 3 aromatic carbocycles. The molecular formula is C27H27ClNO6PS. The van der Waals surface area contributed by atoms with Gasteiger partial charge in [0.2, 0.25) is 0 Å². The third-order valence-corrected chi connectivity index (χ3v) is 10.5. The summed E-state index contributed by atoms with van der Waals surface area (Å²) in [6.07, 6.45) is 0.680. The van der Waals surface area contributed by atoms with Crippen LogP contribution in [0.1, 0.15) is 35.5 Å². The Morgan fingerprint density at radius 3 is 2.35 bits per heavy atom. The van der Waals surface area contributed by atoms with E-state index in [1.807, 2.05) is 19.9 Å². The van der Waals surface area contributed by atoms with Gasteiger partial charge in [0.15, 0.2) is 5.69 Å². The number of hydrogen-bond acceptors (Lipinski definition) is 6. The van der Waals surface area contributed by atoms with Crippen molar-refractivity contribution in [2.24, 2.45) is 0 Å². The Morgan fingerprint density at radius 1 is 1.03 bits per heavy atom. The second kappa shape index (κ2) is 10.5. The van der Waals surface area contributed by atoms with Crippen molar-refractivity contribution in [3.8, 4) is 0 Å². The smallest absolute Gasteiger partial charge is 0.356 e. The van der Waals surface area contributed by atoms with Gasteiger partial charge in [0.05, 0.1) is 22.3 Å². The van der Waals surface area contributed by atoms with Crippen molar-refractivity contribution < 1.29 is 27.0 Å². The van der Waals surface area contributed by atoms with Crippen molar-refractivity contribution in [1.82, 2.24) is 3.97 Å². The maximum Gasteiger partial charge on any atom is 0.356 e. The molecule has 0 spiro atoms. The summed E-state index contributed by atoms with van der Waals surface area (Å²) in [5, 5.41) is 0.769. The highest BCUT2D eigenvalue weighted by Crippen LogP contribution is 2.49. The van der Waals surface area contributed by atoms with Gasteiger partial charge in [0.25, 0.3) is 17.4 Å². The van der Waals surface area contributed by atoms with Gasteiger partial charge in [0.1, 0.15) is 0 Å². The maximum absolute atomic E-state index is 14.9. The Labute approximate surface area is 221 Å². The second-order valence-electron chi connectivity index (χ2n) is 8.43. The number of carbonyl (C=O) groups is 1. The van der Waals surface area contributed by atoms with Gasteiger partial charge in [0, 0.05) is 22.8 Å². The van der Waals surface area contributed by atoms with Crippen molar-refractivity contribution in [2.45, 2.75) is 32.1 Å². The van der Waals surface area contributed by atoms with Crippen molar-refractivity contribution in [3.63, 3.8) is 0 Å². The zero-order valence-electron chi connectivity index (χ0n) is 20.9. The number of nitrogens with zero attached hydrogens (tertiary/aromatic N) is 1. The number of aromatic nitrogens is 1. The number of ether oxygens (including phenoxy) is 1. The first-order valence-corrected chi connectivity index (χ1v) is 15.1. The quantitative estimate of drug-likeness (QED) is 0.210. The van der Waals surface area contributed by atoms with E-state index in [2.05, 4.69) is 0 Å². The molecule has 1 unspecified atom stereocenters. The first-order chi connectivity index (χ1) is 17.6. The van der Waals surface area contributed by atoms with Crippen molar-refractivity contribution in [1.29, 1.82) is 0 Å². The number of fused-ring (bicyclic) bond motifs is 1. The monoisotopic (exact) mass is 559 g/mol. The number of hydrogen-bond donors (Lipinski definition) is 0. The van der Waals surface area contributed by atoms with Crippen molar-refractivity contribution >= 4 is 56.5 Å². The number of esters is 1. The molecule has 0 saturated carbocycles. The minimum Gasteiger partial charge on any atom is -0.461 e. The standard InChI is InChI=1S/C27H27ClNO6PS/c1-5-19-14-18(3)15-21(16-19)36(31,34-4)26-23-17-20(28)12-13-24(23)29(25(26)27(30)35-6-2)37(32,33)22-10-8-7-9-11-22/h7-17H,5-6H2,1-4H3. The SMILES string of the molecule is CCOC(=O)c1c(P(=O)(OC)c2cc(C)cc(CC)c2)c2cc(Cl)ccc2n1S(=O)(=O)c1ccccc1. The molecule has 0 fully saturated rings. The van der Waals surface area contributed by atoms with Gasteiger partial charge in [-0.05, 0) is 68.3 Å². The van der Waals surface area contributed by atoms with E-state index in [1.54, 1.807) is 37.3 Å². The van der Waals surface area contributed by atoms with E-state index in [9.17, 15) is 17.8 Å². The molecule has 0 bridgehead atoms. The van der Waals surface area contributed by atoms with Crippen LogP contribution in [0.4, 0.5) is 0 Å². The van der Waals surface area contributed by atoms with Gasteiger partial charge in [-0.15, -0.1) is 0 Å². The predicted molar refractivity (Wildman–Crippen MR) is 146 cm³/mol. The molecule has 194 valence electrons. The number of halogens is 1. The zero-order chi connectivity index (χ0) is 27.0. The van der Waals surface area contributed by atoms with Crippen molar-refractivity contribution in [2.75, 3.05) is 13.7 Å². The summed E-state index contributed by atoms with van der Waals surface area (Å²) in [6, 6.07) is 17.6. The summed E-state index contributed by atoms with van der Waals surface area (Å²) in [5.74, 6) is -0.940. The van der Waals surface area contributed by atoms with Crippen LogP contribution in [-0.4, -0.2) is 32.1 Å². The molecule has 7 nitrogen and oxygen atoms in total. The molecule has 10 heteroatoms. The van der Waals surface area contributed by atoms with E-state index >= 15 is 0 Å². The fourth-order valence-electron chi connectivity index (χ4n) is 4.38. The minimum atomic E-state index is -4.33. The summed E-state index contributed by atoms with van der Waals surface area (Å²) in [7, 11) is -7.08. The van der Waals surface area contributed by atoms with E-state index in [1.165, 1.54) is 37.4 Å². The Balaban J connectivity index is 2.22. The highest BCUT2D eigenvalue weighted by atomic mass is 35.5. The molecule has 0 aliphatic heterocycles. The van der Waals surface area contributed by atoms with Crippen LogP contribution >= 0.6 is 19.0 Å². The lowest BCUT2D eigenvalue weighted by atomic mass is 10.1. The van der Waals surface area contributed by atoms with Crippen LogP contribution in [0.2, 0.25) is 5.02 Å². The van der Waals surface area contributed by atoms with E-state index in [0.29, 0.717) is 11.7 Å². The Kier molecular flexibility index (Phi) is 7.67. The van der Waals surface area contributed by atoms with Crippen LogP contribution in [0, 0.1) is 6.92 Å². The van der Waals surface area contributed by atoms with Gasteiger partial charge in [-0.1, -0.05) is 48.4 Å². The van der Waals surface area contributed by atoms with Crippen LogP contribution in [-0.2, 0) is 30.3 Å². The third-order valence-electron chi connectivity index (χ3n) is 6.03. The molecule has 37 heavy (non-hydrogen) atoms. The summed E-state index contributed by atoms with van der Waals surface area (Å²) < 4.78 is 54.7. The Morgan fingerprint density at radius 2 is 1.73 bits per heavy atom. The molecule has 4 rings (SSSR count). The second-order valence-corrected chi connectivity index (χ2v) is 13.1. The molecule has 0 N–H and O–H groups in total. The van der Waals surface area contributed by atoms with E-state index in [4.69, 9.17) is 20.9 Å². The van der Waals surface area contributed by atoms with Gasteiger partial charge < -0.3 is 9.26 Å². The molecule has 1 heterocycles. The summed E-state index contributed by atoms with van der Waals surface area (Å²) in [6.45, 7) is 5.43. The average Bonchev–Trinajstić information content (AvgIpc) is 3.24. The lowest BCUT2D eigenvalue weighted by molar-refractivity contribution is 0.0520. The lowest BCUT2D eigenvalue weighted by Gasteiger charge is -2.20. The summed E-state index contributed by atoms with van der Waals surface area (Å²) in [5.41, 5.74) is 1.52. The normalized spacial score (nSPS) is 13.4. The van der Waals surface area contributed by atoms with Crippen molar-refractivity contribution in [3.05, 3.63) is 88.6 Å². The topological polar surface area (TPSA) is 91.7 Å². The molecule has 0 saturated heterocycles. The molecule has 0 aliphatic carbocycles. The van der Waals surface area contributed by atoms with E-state index in [0.717, 1.165) is 15.1 Å². The number of carbonyl (C=O) groups excluding carboxylic acids is 1. The molecular weight excluding hydrogens is 533 g/mol. The van der Waals surface area contributed by atoms with Gasteiger partial charge in [-0.2, -0.15) is 0 Å². The molecule has 0 radical (unpaired) electrons. The van der Waals surface area contributed by atoms with Crippen LogP contribution in [0.3, 0.4) is 0 Å². The van der Waals surface area contributed by atoms with Gasteiger partial charge >= 0.3 is 5.97 Å². The van der Waals surface area contributed by atoms with Crippen LogP contribution < -0.4 is 10.6 Å². The maximum atomic E-state index is 14.9. The Hall–Kier alpha value is -2.90. The molecule has 0 aliphatic rings. The fourth-order valence-corrected chi connectivity index (χ4v) is 8.49. The predicted octanol–water partition coefficient (Wildman–Crippen LogP) is 5.45. The fraction of sp³-hybridized carbons (Fsp3) is 0.222. The van der Waals surface area contributed by atoms with Crippen LogP contribution in [0.15, 0.2) is 71.6 Å². The van der Waals surface area contributed by atoms with Crippen LogP contribution in [0.25, 0.3) is 10.9 Å². The first kappa shape index (κ1) is 27.1. The molecule has 1 aromatic heterocycles. The largest absolute Gasteiger partial charge is 0.461 e. The Bertz CT molecular complexity index is 1650. The summed E-state index contributed by atoms with van der Waals surface area (Å²) in [4.78, 5) is 13.4. The molecule has 1 atom stereocenters. The van der Waals surface area contributed by atoms with Crippen LogP contribution in [0.5, 0.6) is 0 Å². The average molecular weight is 560 g/mol. The lowest BCUT2D eigenvalue weighted by Crippen LogP contribution is -2.28. The van der Waals surface area contributed by atoms with E-state index < -0.39 is 23.4 Å². The highest BCUT2D eigenvalue weighted by molar-refractivity contribution is 7.90. The minimum absolute atomic E-state index is 0.0202. The summed E-state index contributed by atoms with van der Waals surface area (Å²) >= 11 is 6.33. The van der Waals surface area contributed by atoms with Gasteiger partial charge in [-0.25, -0.2) is 17.2 Å². The van der Waals surface area contributed by atoms with E-state index in [-0.39, 0.29) is 38.4 Å². The molecule has 4 aromatic rings. The highest BCUT2D eigenvalue weighted by Gasteiger charge is 2.41.